The molecule has 0 radical (unpaired) electrons. The molecule has 21 heavy (non-hydrogen) atoms. The minimum atomic E-state index is -0.686. The number of rotatable bonds is 6. The predicted molar refractivity (Wildman–Crippen MR) is 82.4 cm³/mol. The number of ether oxygens (including phenoxy) is 1. The summed E-state index contributed by atoms with van der Waals surface area (Å²) >= 11 is 0. The molecule has 2 rings (SSSR count). The van der Waals surface area contributed by atoms with Crippen LogP contribution in [0.15, 0.2) is 18.2 Å². The van der Waals surface area contributed by atoms with Crippen LogP contribution in [-0.2, 0) is 4.79 Å². The smallest absolute Gasteiger partial charge is 0.223 e. The van der Waals surface area contributed by atoms with Crippen LogP contribution in [0.3, 0.4) is 0 Å². The Balaban J connectivity index is 1.74. The number of amides is 1. The van der Waals surface area contributed by atoms with Gasteiger partial charge in [-0.3, -0.25) is 4.79 Å². The fourth-order valence-corrected chi connectivity index (χ4v) is 2.82. The van der Waals surface area contributed by atoms with Crippen molar-refractivity contribution in [3.8, 4) is 5.75 Å². The maximum atomic E-state index is 11.9. The normalized spacial score (nSPS) is 16.7. The van der Waals surface area contributed by atoms with Gasteiger partial charge < -0.3 is 15.2 Å². The average Bonchev–Trinajstić information content (AvgIpc) is 2.98. The Kier molecular flexibility index (Phi) is 5.62. The van der Waals surface area contributed by atoms with E-state index in [0.29, 0.717) is 0 Å². The first-order valence-corrected chi connectivity index (χ1v) is 7.72. The molecule has 1 aliphatic carbocycles. The van der Waals surface area contributed by atoms with Crippen LogP contribution in [0.4, 0.5) is 0 Å². The van der Waals surface area contributed by atoms with Gasteiger partial charge in [0.05, 0.1) is 0 Å². The summed E-state index contributed by atoms with van der Waals surface area (Å²) in [5, 5.41) is 12.8. The predicted octanol–water partition coefficient (Wildman–Crippen LogP) is 2.35. The van der Waals surface area contributed by atoms with Gasteiger partial charge in [-0.1, -0.05) is 31.0 Å². The Morgan fingerprint density at radius 1 is 1.33 bits per heavy atom. The van der Waals surface area contributed by atoms with Crippen molar-refractivity contribution in [3.05, 3.63) is 29.3 Å². The van der Waals surface area contributed by atoms with Crippen molar-refractivity contribution < 1.29 is 14.6 Å². The second-order valence-corrected chi connectivity index (χ2v) is 5.91. The lowest BCUT2D eigenvalue weighted by atomic mass is 10.1. The van der Waals surface area contributed by atoms with E-state index in [2.05, 4.69) is 5.32 Å². The van der Waals surface area contributed by atoms with Gasteiger partial charge in [-0.25, -0.2) is 0 Å². The van der Waals surface area contributed by atoms with Gasteiger partial charge in [0.15, 0.2) is 0 Å². The minimum Gasteiger partial charge on any atom is -0.490 e. The lowest BCUT2D eigenvalue weighted by molar-refractivity contribution is -0.125. The molecule has 1 atom stereocenters. The molecule has 4 heteroatoms. The standard InChI is InChI=1S/C17H25NO3/c1-12-6-5-7-13(2)16(12)21-11-15(19)10-18-17(20)14-8-3-4-9-14/h5-7,14-15,19H,3-4,8-11H2,1-2H3,(H,18,20). The molecule has 1 aromatic carbocycles. The number of aryl methyl sites for hydroxylation is 2. The molecule has 0 heterocycles. The van der Waals surface area contributed by atoms with Gasteiger partial charge in [-0.2, -0.15) is 0 Å². The molecule has 0 bridgehead atoms. The van der Waals surface area contributed by atoms with Crippen molar-refractivity contribution in [1.82, 2.24) is 5.32 Å². The van der Waals surface area contributed by atoms with Crippen LogP contribution in [0.2, 0.25) is 0 Å². The molecule has 116 valence electrons. The fraction of sp³-hybridized carbons (Fsp3) is 0.588. The number of carbonyl (C=O) groups is 1. The molecule has 1 amide bonds. The van der Waals surface area contributed by atoms with Gasteiger partial charge in [0, 0.05) is 12.5 Å². The van der Waals surface area contributed by atoms with Crippen LogP contribution >= 0.6 is 0 Å². The van der Waals surface area contributed by atoms with Crippen molar-refractivity contribution in [2.75, 3.05) is 13.2 Å². The molecule has 2 N–H and O–H groups in total. The number of benzene rings is 1. The SMILES string of the molecule is Cc1cccc(C)c1OCC(O)CNC(=O)C1CCCC1. The summed E-state index contributed by atoms with van der Waals surface area (Å²) in [5.41, 5.74) is 2.11. The zero-order valence-corrected chi connectivity index (χ0v) is 12.9. The Labute approximate surface area is 126 Å². The van der Waals surface area contributed by atoms with E-state index in [1.54, 1.807) is 0 Å². The first kappa shape index (κ1) is 15.8. The van der Waals surface area contributed by atoms with Crippen LogP contribution in [0.25, 0.3) is 0 Å². The Morgan fingerprint density at radius 2 is 1.95 bits per heavy atom. The lowest BCUT2D eigenvalue weighted by Crippen LogP contribution is -2.38. The van der Waals surface area contributed by atoms with Gasteiger partial charge in [0.25, 0.3) is 0 Å². The summed E-state index contributed by atoms with van der Waals surface area (Å²) < 4.78 is 5.69. The Morgan fingerprint density at radius 3 is 2.57 bits per heavy atom. The lowest BCUT2D eigenvalue weighted by Gasteiger charge is -2.17. The molecular formula is C17H25NO3. The van der Waals surface area contributed by atoms with E-state index in [-0.39, 0.29) is 25.0 Å². The molecule has 1 saturated carbocycles. The molecular weight excluding hydrogens is 266 g/mol. The summed E-state index contributed by atoms with van der Waals surface area (Å²) in [6.45, 7) is 4.41. The fourth-order valence-electron chi connectivity index (χ4n) is 2.82. The second-order valence-electron chi connectivity index (χ2n) is 5.91. The van der Waals surface area contributed by atoms with Gasteiger partial charge >= 0.3 is 0 Å². The molecule has 0 aliphatic heterocycles. The van der Waals surface area contributed by atoms with Crippen LogP contribution in [0, 0.1) is 19.8 Å². The molecule has 1 aliphatic rings. The first-order chi connectivity index (χ1) is 10.1. The summed E-state index contributed by atoms with van der Waals surface area (Å²) in [7, 11) is 0. The summed E-state index contributed by atoms with van der Waals surface area (Å²) in [5.74, 6) is 1.02. The van der Waals surface area contributed by atoms with E-state index in [9.17, 15) is 9.90 Å². The molecule has 0 aromatic heterocycles. The minimum absolute atomic E-state index is 0.0682. The monoisotopic (exact) mass is 291 g/mol. The Bertz CT molecular complexity index is 461. The largest absolute Gasteiger partial charge is 0.490 e. The highest BCUT2D eigenvalue weighted by Gasteiger charge is 2.22. The topological polar surface area (TPSA) is 58.6 Å². The van der Waals surface area contributed by atoms with Crippen LogP contribution in [-0.4, -0.2) is 30.3 Å². The Hall–Kier alpha value is -1.55. The van der Waals surface area contributed by atoms with E-state index in [0.717, 1.165) is 42.6 Å². The van der Waals surface area contributed by atoms with E-state index in [1.807, 2.05) is 32.0 Å². The van der Waals surface area contributed by atoms with Gasteiger partial charge in [-0.15, -0.1) is 0 Å². The molecule has 4 nitrogen and oxygen atoms in total. The van der Waals surface area contributed by atoms with Crippen molar-refractivity contribution in [3.63, 3.8) is 0 Å². The van der Waals surface area contributed by atoms with Gasteiger partial charge in [-0.05, 0) is 37.8 Å². The van der Waals surface area contributed by atoms with Crippen LogP contribution in [0.5, 0.6) is 5.75 Å². The number of carbonyl (C=O) groups excluding carboxylic acids is 1. The third kappa shape index (κ3) is 4.46. The zero-order valence-electron chi connectivity index (χ0n) is 12.9. The number of para-hydroxylation sites is 1. The third-order valence-electron chi connectivity index (χ3n) is 4.07. The number of nitrogens with one attached hydrogen (secondary N) is 1. The number of hydrogen-bond acceptors (Lipinski definition) is 3. The summed E-state index contributed by atoms with van der Waals surface area (Å²) in [4.78, 5) is 11.9. The number of aliphatic hydroxyl groups excluding tert-OH is 1. The summed E-state index contributed by atoms with van der Waals surface area (Å²) in [6.07, 6.45) is 3.53. The number of hydrogen-bond donors (Lipinski definition) is 2. The average molecular weight is 291 g/mol. The second kappa shape index (κ2) is 7.46. The quantitative estimate of drug-likeness (QED) is 0.846. The highest BCUT2D eigenvalue weighted by atomic mass is 16.5. The zero-order chi connectivity index (χ0) is 15.2. The number of aliphatic hydroxyl groups is 1. The van der Waals surface area contributed by atoms with Crippen molar-refractivity contribution >= 4 is 5.91 Å². The van der Waals surface area contributed by atoms with Crippen molar-refractivity contribution in [1.29, 1.82) is 0 Å². The third-order valence-corrected chi connectivity index (χ3v) is 4.07. The molecule has 1 aromatic rings. The van der Waals surface area contributed by atoms with Crippen molar-refractivity contribution in [2.45, 2.75) is 45.6 Å². The molecule has 0 spiro atoms. The van der Waals surface area contributed by atoms with Gasteiger partial charge in [0.2, 0.25) is 5.91 Å². The first-order valence-electron chi connectivity index (χ1n) is 7.72. The highest BCUT2D eigenvalue weighted by molar-refractivity contribution is 5.78. The maximum Gasteiger partial charge on any atom is 0.223 e. The van der Waals surface area contributed by atoms with Crippen LogP contribution < -0.4 is 10.1 Å². The summed E-state index contributed by atoms with van der Waals surface area (Å²) in [6, 6.07) is 5.95. The maximum absolute atomic E-state index is 11.9. The molecule has 1 unspecified atom stereocenters. The van der Waals surface area contributed by atoms with E-state index in [4.69, 9.17) is 4.74 Å². The molecule has 1 fully saturated rings. The van der Waals surface area contributed by atoms with Crippen molar-refractivity contribution in [2.24, 2.45) is 5.92 Å². The van der Waals surface area contributed by atoms with Crippen LogP contribution in [0.1, 0.15) is 36.8 Å². The van der Waals surface area contributed by atoms with E-state index >= 15 is 0 Å². The molecule has 0 saturated heterocycles. The van der Waals surface area contributed by atoms with E-state index < -0.39 is 6.10 Å². The van der Waals surface area contributed by atoms with Gasteiger partial charge in [0.1, 0.15) is 18.5 Å². The van der Waals surface area contributed by atoms with E-state index in [1.165, 1.54) is 0 Å². The highest BCUT2D eigenvalue weighted by Crippen LogP contribution is 2.24.